The van der Waals surface area contributed by atoms with Crippen molar-refractivity contribution in [1.29, 1.82) is 0 Å². The van der Waals surface area contributed by atoms with E-state index in [0.717, 1.165) is 19.6 Å². The third kappa shape index (κ3) is 9.42. The molecule has 17 heavy (non-hydrogen) atoms. The van der Waals surface area contributed by atoms with Crippen molar-refractivity contribution in [1.82, 2.24) is 16.0 Å². The van der Waals surface area contributed by atoms with Gasteiger partial charge in [0.25, 0.3) is 0 Å². The van der Waals surface area contributed by atoms with Crippen molar-refractivity contribution >= 4 is 0 Å². The Hall–Kier alpha value is -0.280. The number of hydrogen-bond acceptors (Lipinski definition) is 7. The summed E-state index contributed by atoms with van der Waals surface area (Å²) in [5, 5.41) is 28.1. The summed E-state index contributed by atoms with van der Waals surface area (Å²) in [6, 6.07) is -0.331. The van der Waals surface area contributed by atoms with Crippen LogP contribution in [0.1, 0.15) is 0 Å². The molecule has 0 aromatic carbocycles. The number of aliphatic hydroxyl groups is 2. The topological polar surface area (TPSA) is 129 Å². The third-order valence-electron chi connectivity index (χ3n) is 2.37. The first kappa shape index (κ1) is 16.7. The Bertz CT molecular complexity index is 162. The highest BCUT2D eigenvalue weighted by molar-refractivity contribution is 4.77. The molecule has 0 bridgehead atoms. The monoisotopic (exact) mass is 249 g/mol. The number of nitrogens with one attached hydrogen (secondary N) is 3. The van der Waals surface area contributed by atoms with Crippen LogP contribution >= 0.6 is 0 Å². The fourth-order valence-corrected chi connectivity index (χ4v) is 1.39. The molecule has 0 rings (SSSR count). The van der Waals surface area contributed by atoms with E-state index in [1.807, 2.05) is 0 Å². The first-order valence-electron chi connectivity index (χ1n) is 6.10. The van der Waals surface area contributed by atoms with Gasteiger partial charge in [0.2, 0.25) is 0 Å². The van der Waals surface area contributed by atoms with E-state index in [2.05, 4.69) is 16.0 Å². The average Bonchev–Trinajstić information content (AvgIpc) is 2.34. The summed E-state index contributed by atoms with van der Waals surface area (Å²) in [4.78, 5) is 0. The van der Waals surface area contributed by atoms with Crippen LogP contribution in [0.4, 0.5) is 0 Å². The quantitative estimate of drug-likeness (QED) is 0.178. The first-order valence-corrected chi connectivity index (χ1v) is 6.10. The van der Waals surface area contributed by atoms with Gasteiger partial charge >= 0.3 is 0 Å². The number of nitrogens with two attached hydrogens (primary N) is 2. The lowest BCUT2D eigenvalue weighted by Gasteiger charge is -2.22. The largest absolute Gasteiger partial charge is 0.395 e. The van der Waals surface area contributed by atoms with Crippen LogP contribution in [0, 0.1) is 0 Å². The second-order valence-corrected chi connectivity index (χ2v) is 3.84. The van der Waals surface area contributed by atoms with Crippen LogP contribution in [0.15, 0.2) is 0 Å². The fraction of sp³-hybridized carbons (Fsp3) is 1.00. The lowest BCUT2D eigenvalue weighted by atomic mass is 10.1. The summed E-state index contributed by atoms with van der Waals surface area (Å²) in [5.41, 5.74) is 10.7. The summed E-state index contributed by atoms with van der Waals surface area (Å²) in [5.74, 6) is 0. The molecule has 0 aliphatic heterocycles. The van der Waals surface area contributed by atoms with Gasteiger partial charge in [0.15, 0.2) is 0 Å². The van der Waals surface area contributed by atoms with Crippen molar-refractivity contribution < 1.29 is 10.2 Å². The molecular weight excluding hydrogens is 222 g/mol. The Labute approximate surface area is 103 Å². The molecule has 0 amide bonds. The fourth-order valence-electron chi connectivity index (χ4n) is 1.39. The van der Waals surface area contributed by atoms with Crippen LogP contribution in [0.3, 0.4) is 0 Å². The molecule has 0 saturated carbocycles. The SMILES string of the molecule is NCCNCCNCC(O)C(CO)NCCN. The predicted molar refractivity (Wildman–Crippen MR) is 68.7 cm³/mol. The molecular formula is C10H27N5O2. The van der Waals surface area contributed by atoms with Gasteiger partial charge in [0.05, 0.1) is 18.8 Å². The number of hydrogen-bond donors (Lipinski definition) is 7. The molecule has 7 heteroatoms. The molecule has 2 unspecified atom stereocenters. The van der Waals surface area contributed by atoms with E-state index in [-0.39, 0.29) is 12.6 Å². The molecule has 104 valence electrons. The maximum absolute atomic E-state index is 9.77. The molecule has 0 aliphatic rings. The van der Waals surface area contributed by atoms with Gasteiger partial charge in [-0.05, 0) is 0 Å². The zero-order chi connectivity index (χ0) is 12.9. The second kappa shape index (κ2) is 12.2. The van der Waals surface area contributed by atoms with Crippen LogP contribution in [-0.4, -0.2) is 74.8 Å². The maximum Gasteiger partial charge on any atom is 0.0839 e. The van der Waals surface area contributed by atoms with Gasteiger partial charge in [-0.15, -0.1) is 0 Å². The molecule has 9 N–H and O–H groups in total. The summed E-state index contributed by atoms with van der Waals surface area (Å²) >= 11 is 0. The Morgan fingerprint density at radius 2 is 1.59 bits per heavy atom. The predicted octanol–water partition coefficient (Wildman–Crippen LogP) is -3.61. The van der Waals surface area contributed by atoms with Crippen molar-refractivity contribution in [3.05, 3.63) is 0 Å². The van der Waals surface area contributed by atoms with E-state index in [4.69, 9.17) is 16.6 Å². The zero-order valence-corrected chi connectivity index (χ0v) is 10.4. The molecule has 0 heterocycles. The van der Waals surface area contributed by atoms with Crippen molar-refractivity contribution in [2.24, 2.45) is 11.5 Å². The third-order valence-corrected chi connectivity index (χ3v) is 2.37. The van der Waals surface area contributed by atoms with E-state index < -0.39 is 6.10 Å². The zero-order valence-electron chi connectivity index (χ0n) is 10.4. The van der Waals surface area contributed by atoms with Gasteiger partial charge in [-0.25, -0.2) is 0 Å². The van der Waals surface area contributed by atoms with E-state index in [1.165, 1.54) is 0 Å². The summed E-state index contributed by atoms with van der Waals surface area (Å²) < 4.78 is 0. The van der Waals surface area contributed by atoms with Gasteiger partial charge in [0.1, 0.15) is 0 Å². The summed E-state index contributed by atoms with van der Waals surface area (Å²) in [7, 11) is 0. The molecule has 0 spiro atoms. The molecule has 0 aliphatic carbocycles. The van der Waals surface area contributed by atoms with Gasteiger partial charge in [0, 0.05) is 45.8 Å². The van der Waals surface area contributed by atoms with Crippen LogP contribution in [0.2, 0.25) is 0 Å². The van der Waals surface area contributed by atoms with E-state index in [0.29, 0.717) is 26.2 Å². The maximum atomic E-state index is 9.77. The van der Waals surface area contributed by atoms with Crippen LogP contribution in [0.25, 0.3) is 0 Å². The highest BCUT2D eigenvalue weighted by atomic mass is 16.3. The minimum Gasteiger partial charge on any atom is -0.395 e. The molecule has 0 aromatic heterocycles. The molecule has 7 nitrogen and oxygen atoms in total. The van der Waals surface area contributed by atoms with Gasteiger partial charge < -0.3 is 37.6 Å². The highest BCUT2D eigenvalue weighted by Gasteiger charge is 2.16. The smallest absolute Gasteiger partial charge is 0.0839 e. The van der Waals surface area contributed by atoms with E-state index in [9.17, 15) is 5.11 Å². The second-order valence-electron chi connectivity index (χ2n) is 3.84. The van der Waals surface area contributed by atoms with Crippen molar-refractivity contribution in [2.45, 2.75) is 12.1 Å². The van der Waals surface area contributed by atoms with Gasteiger partial charge in [-0.2, -0.15) is 0 Å². The van der Waals surface area contributed by atoms with Crippen molar-refractivity contribution in [3.63, 3.8) is 0 Å². The van der Waals surface area contributed by atoms with Gasteiger partial charge in [-0.1, -0.05) is 0 Å². The Kier molecular flexibility index (Phi) is 12.0. The lowest BCUT2D eigenvalue weighted by molar-refractivity contribution is 0.0901. The standard InChI is InChI=1S/C10H27N5O2/c11-1-3-13-5-6-14-7-10(17)9(8-16)15-4-2-12/h9-10,13-17H,1-8,11-12H2. The Morgan fingerprint density at radius 3 is 2.18 bits per heavy atom. The Balaban J connectivity index is 3.50. The highest BCUT2D eigenvalue weighted by Crippen LogP contribution is 1.91. The Morgan fingerprint density at radius 1 is 0.941 bits per heavy atom. The van der Waals surface area contributed by atoms with Crippen LogP contribution < -0.4 is 27.4 Å². The normalized spacial score (nSPS) is 14.8. The summed E-state index contributed by atoms with van der Waals surface area (Å²) in [6.45, 7) is 4.39. The van der Waals surface area contributed by atoms with Gasteiger partial charge in [-0.3, -0.25) is 0 Å². The van der Waals surface area contributed by atoms with E-state index >= 15 is 0 Å². The number of rotatable bonds is 12. The lowest BCUT2D eigenvalue weighted by Crippen LogP contribution is -2.49. The first-order chi connectivity index (χ1) is 8.26. The van der Waals surface area contributed by atoms with Crippen LogP contribution in [0.5, 0.6) is 0 Å². The molecule has 0 saturated heterocycles. The van der Waals surface area contributed by atoms with Crippen molar-refractivity contribution in [3.8, 4) is 0 Å². The van der Waals surface area contributed by atoms with E-state index in [1.54, 1.807) is 0 Å². The molecule has 0 aromatic rings. The minimum absolute atomic E-state index is 0.103. The van der Waals surface area contributed by atoms with Crippen molar-refractivity contribution in [2.75, 3.05) is 52.4 Å². The molecule has 2 atom stereocenters. The average molecular weight is 249 g/mol. The minimum atomic E-state index is -0.624. The molecule has 0 fully saturated rings. The molecule has 0 radical (unpaired) electrons. The summed E-state index contributed by atoms with van der Waals surface area (Å²) in [6.07, 6.45) is -0.624. The van der Waals surface area contributed by atoms with Crippen LogP contribution in [-0.2, 0) is 0 Å². The number of aliphatic hydroxyl groups excluding tert-OH is 2.